The molecule has 26 rings (SSSR count). The number of rotatable bonds is 10. The van der Waals surface area contributed by atoms with Crippen LogP contribution in [0.3, 0.4) is 0 Å². The first-order valence-corrected chi connectivity index (χ1v) is 46.4. The number of pyridine rings is 4. The van der Waals surface area contributed by atoms with E-state index in [-0.39, 0.29) is 121 Å². The number of carbonyl (C=O) groups excluding carboxylic acids is 1. The molecule has 0 spiro atoms. The number of ketones is 1. The van der Waals surface area contributed by atoms with Crippen molar-refractivity contribution in [1.82, 2.24) is 40.1 Å². The molecule has 7 aliphatic heterocycles. The van der Waals surface area contributed by atoms with E-state index in [0.717, 1.165) is 86.7 Å². The Morgan fingerprint density at radius 2 is 1.19 bits per heavy atom. The van der Waals surface area contributed by atoms with Crippen LogP contribution in [0.15, 0.2) is 425 Å². The van der Waals surface area contributed by atoms with Crippen LogP contribution in [-0.4, -0.2) is 57.1 Å². The van der Waals surface area contributed by atoms with Gasteiger partial charge in [-0.25, -0.2) is 0 Å². The smallest absolute Gasteiger partial charge is 0.257 e. The molecule has 0 amide bonds. The van der Waals surface area contributed by atoms with E-state index in [2.05, 4.69) is 324 Å². The second-order valence-corrected chi connectivity index (χ2v) is 35.0. The largest absolute Gasteiger partial charge is 0.527 e. The van der Waals surface area contributed by atoms with Gasteiger partial charge in [0.05, 0.1) is 43.6 Å². The number of aromatic amines is 1. The van der Waals surface area contributed by atoms with Crippen LogP contribution in [-0.2, 0) is 71.1 Å². The summed E-state index contributed by atoms with van der Waals surface area (Å²) in [6.45, 7) is 22.0. The molecular formula is C125H114Ir2N12O3. The van der Waals surface area contributed by atoms with E-state index in [1.165, 1.54) is 130 Å². The summed E-state index contributed by atoms with van der Waals surface area (Å²) >= 11 is 0. The van der Waals surface area contributed by atoms with Gasteiger partial charge < -0.3 is 24.6 Å². The van der Waals surface area contributed by atoms with Crippen molar-refractivity contribution in [2.24, 2.45) is 0 Å². The number of ether oxygens (including phenoxy) is 1. The number of hydrogen-bond donors (Lipinski definition) is 2. The van der Waals surface area contributed by atoms with Gasteiger partial charge in [-0.15, -0.1) is 93.3 Å². The number of para-hydroxylation sites is 2. The minimum absolute atomic E-state index is 0. The zero-order valence-corrected chi connectivity index (χ0v) is 83.5. The number of anilines is 1. The van der Waals surface area contributed by atoms with Crippen molar-refractivity contribution < 1.29 is 79.7 Å². The SMILES string of the molecule is C.C.C1=CC2=CN3c4ccccc4CC3N2C=C1.C=C1Oc2ccccc2[C-]=C1c1ccccn1.CC(=O)C=C(C)O.CC(C)c1cccc(C(C)C)c1-c1n[nH][n+]2c1-c1ccccc1C2.CC(C)n1nc2c3ccccc3c3cccc4c3c2[n+]1C4.[2H]c1c([2H])c([2H])c2c(c1[2H])C[n+]1c([2H])c([2H])c([2H])c([2H])c1-2.[Ir].[Ir].[c-]1ccccc1-c1cc(-c2ccccc2)c2cc(-c3ccccc3)ccc2n1.[c-]1ccccc1-c1ccccn1. The number of carbonyl (C=O) groups is 1. The molecule has 7 aliphatic rings. The van der Waals surface area contributed by atoms with Crippen LogP contribution in [0.5, 0.6) is 5.75 Å². The third kappa shape index (κ3) is 21.7. The summed E-state index contributed by atoms with van der Waals surface area (Å²) in [7, 11) is 0. The van der Waals surface area contributed by atoms with Gasteiger partial charge in [-0.3, -0.25) is 14.8 Å². The van der Waals surface area contributed by atoms with Gasteiger partial charge >= 0.3 is 0 Å². The number of aliphatic hydroxyl groups excluding tert-OH is 1. The molecule has 1 unspecified atom stereocenters. The van der Waals surface area contributed by atoms with Crippen LogP contribution < -0.4 is 23.6 Å². The first-order chi connectivity index (χ1) is 70.8. The monoisotopic (exact) mass is 2220 g/mol. The number of fused-ring (bicyclic) bond motifs is 16. The molecule has 142 heavy (non-hydrogen) atoms. The van der Waals surface area contributed by atoms with Crippen molar-refractivity contribution in [2.75, 3.05) is 4.90 Å². The van der Waals surface area contributed by atoms with E-state index in [1.54, 1.807) is 12.4 Å². The molecule has 0 aliphatic carbocycles. The maximum Gasteiger partial charge on any atom is 0.257 e. The Kier molecular flexibility index (Phi) is 29.2. The van der Waals surface area contributed by atoms with Gasteiger partial charge in [0.25, 0.3) is 11.2 Å². The second kappa shape index (κ2) is 46.0. The Morgan fingerprint density at radius 1 is 0.563 bits per heavy atom. The Hall–Kier alpha value is -15.6. The Labute approximate surface area is 871 Å². The van der Waals surface area contributed by atoms with Crippen LogP contribution >= 0.6 is 0 Å². The van der Waals surface area contributed by atoms with Crippen molar-refractivity contribution in [1.29, 1.82) is 0 Å². The zero-order chi connectivity index (χ0) is 102. The number of hydrogen-bond acceptors (Lipinski definition) is 10. The van der Waals surface area contributed by atoms with Crippen molar-refractivity contribution >= 4 is 60.5 Å². The van der Waals surface area contributed by atoms with Crippen LogP contribution in [0.4, 0.5) is 5.69 Å². The molecule has 15 nitrogen and oxygen atoms in total. The normalized spacial score (nSPS) is 14.0. The molecule has 6 aromatic heterocycles. The third-order valence-corrected chi connectivity index (χ3v) is 24.7. The summed E-state index contributed by atoms with van der Waals surface area (Å²) in [5, 5.41) is 27.7. The predicted molar refractivity (Wildman–Crippen MR) is 569 cm³/mol. The molecule has 13 aromatic carbocycles. The molecule has 0 bridgehead atoms. The molecular weight excluding hydrogens is 2100 g/mol. The van der Waals surface area contributed by atoms with Gasteiger partial charge in [0.2, 0.25) is 16.9 Å². The van der Waals surface area contributed by atoms with Crippen molar-refractivity contribution in [3.8, 4) is 84.3 Å². The molecule has 0 saturated carbocycles. The van der Waals surface area contributed by atoms with E-state index in [0.29, 0.717) is 35.4 Å². The third-order valence-electron chi connectivity index (χ3n) is 24.7. The fourth-order valence-electron chi connectivity index (χ4n) is 18.4. The van der Waals surface area contributed by atoms with Crippen LogP contribution in [0, 0.1) is 18.2 Å². The number of benzene rings is 13. The van der Waals surface area contributed by atoms with Gasteiger partial charge in [0, 0.05) is 155 Å². The molecule has 19 aromatic rings. The maximum atomic E-state index is 10.0. The number of nitrogens with one attached hydrogen (secondary N) is 1. The van der Waals surface area contributed by atoms with Crippen molar-refractivity contribution in [3.05, 3.63) is 488 Å². The van der Waals surface area contributed by atoms with E-state index in [9.17, 15) is 4.79 Å². The van der Waals surface area contributed by atoms with Gasteiger partial charge in [-0.05, 0) is 166 Å². The van der Waals surface area contributed by atoms with Crippen LogP contribution in [0.25, 0.3) is 128 Å². The van der Waals surface area contributed by atoms with Crippen LogP contribution in [0.1, 0.15) is 144 Å². The molecule has 0 fully saturated rings. The zero-order valence-electron chi connectivity index (χ0n) is 86.7. The van der Waals surface area contributed by atoms with Crippen LogP contribution in [0.2, 0.25) is 0 Å². The van der Waals surface area contributed by atoms with Crippen molar-refractivity contribution in [3.63, 3.8) is 0 Å². The summed E-state index contributed by atoms with van der Waals surface area (Å²) < 4.78 is 74.0. The molecule has 13 heterocycles. The Balaban J connectivity index is 0.000000130. The van der Waals surface area contributed by atoms with E-state index in [1.807, 2.05) is 115 Å². The topological polar surface area (TPSA) is 150 Å². The van der Waals surface area contributed by atoms with Gasteiger partial charge in [0.1, 0.15) is 26.7 Å². The average molecular weight is 2220 g/mol. The van der Waals surface area contributed by atoms with Gasteiger partial charge in [-0.1, -0.05) is 302 Å². The number of nitrogens with zero attached hydrogens (tertiary/aromatic N) is 11. The summed E-state index contributed by atoms with van der Waals surface area (Å²) in [6.07, 6.45) is 20.1. The summed E-state index contributed by atoms with van der Waals surface area (Å²) in [5.74, 6) is 2.24. The summed E-state index contributed by atoms with van der Waals surface area (Å²) in [6, 6.07) is 109. The van der Waals surface area contributed by atoms with E-state index < -0.39 is 12.1 Å². The van der Waals surface area contributed by atoms with Gasteiger partial charge in [0.15, 0.2) is 18.5 Å². The molecule has 17 heteroatoms. The van der Waals surface area contributed by atoms with E-state index >= 15 is 0 Å². The average Bonchev–Trinajstić information content (AvgIpc) is 1.54. The first kappa shape index (κ1) is 90.2. The Morgan fingerprint density at radius 3 is 1.88 bits per heavy atom. The molecule has 0 saturated heterocycles. The standard InChI is InChI=1S/C27H18N.C21H23N3.C18H16N3.C15H10NO.C14H12N2.C12H10N.C11H8N.C5H8O2.2CH4.2Ir/c1-4-10-20(11-5-1)23-16-17-26-25(18-23)24(21-12-6-2-7-13-21)19-27(28-26)22-14-8-3-9-15-22;1-13(2)16-10-7-11-17(14(3)4)19(16)20-21-18-9-6-5-8-15(18)12-24(21)23-22-20;1-11(2)21-19-17-15-8-4-3-7-13(15)14-9-5-6-12-10-20(21)18(17)16(12)14;1-11-13(14-7-4-5-9-16-14)10-12-6-2-3-8-15(12)17-11;1-2-7-13-11(5-1)9-14-15-8-4-3-6-12(15)10-16(13)14;1-2-6-11-10(5-1)9-13-8-4-3-7-12(11)13;1-2-6-10(7-3-1)11-8-4-5-9-12-11;1-4(6)3-5(2)7;;;;/h1-14,16-19H;5-11,13-14H,12H2,1-4H3;3-9,11H,10H2,1-2H3;2-9H,1H2;1-8,10,14H,9H2;1-8H,9H2;1-6,8-9H;3,6H,1-2H3;2*1H4;;/q-1;;+1;-1;;+1;-1;;;;;/p+1/i;;;;;1D,2D,3D,4D,5D,6D,7D,8D;;;;;;. The summed E-state index contributed by atoms with van der Waals surface area (Å²) in [4.78, 5) is 30.3. The first-order valence-electron chi connectivity index (χ1n) is 50.4. The quantitative estimate of drug-likeness (QED) is 0.0445. The molecule has 710 valence electrons. The number of aliphatic hydroxyl groups is 1. The van der Waals surface area contributed by atoms with Crippen molar-refractivity contribution in [2.45, 2.75) is 120 Å². The Bertz CT molecular complexity index is 8260. The molecule has 2 N–H and O–H groups in total. The predicted octanol–water partition coefficient (Wildman–Crippen LogP) is 27.9. The number of aromatic nitrogens is 10. The minimum Gasteiger partial charge on any atom is -0.527 e. The second-order valence-electron chi connectivity index (χ2n) is 35.0. The fourth-order valence-corrected chi connectivity index (χ4v) is 18.4. The fraction of sp³-hybridized carbons (Fsp3) is 0.144. The minimum atomic E-state index is -0.411. The maximum absolute atomic E-state index is 10.0. The van der Waals surface area contributed by atoms with E-state index in [4.69, 9.17) is 36.0 Å². The molecule has 1 atom stereocenters. The summed E-state index contributed by atoms with van der Waals surface area (Å²) in [5.41, 5.74) is 29.9. The number of H-pyrrole nitrogens is 1. The number of allylic oxidation sites excluding steroid dienone is 6. The van der Waals surface area contributed by atoms with Gasteiger partial charge in [-0.2, -0.15) is 4.57 Å². The molecule has 2 radical (unpaired) electrons.